The Hall–Kier alpha value is -3.61. The van der Waals surface area contributed by atoms with Crippen molar-refractivity contribution in [3.63, 3.8) is 0 Å². The summed E-state index contributed by atoms with van der Waals surface area (Å²) in [5.74, 6) is 0.950. The fraction of sp³-hybridized carbons (Fsp3) is 0.261. The van der Waals surface area contributed by atoms with Gasteiger partial charge in [-0.3, -0.25) is 4.79 Å². The van der Waals surface area contributed by atoms with Crippen molar-refractivity contribution >= 4 is 16.8 Å². The lowest BCUT2D eigenvalue weighted by molar-refractivity contribution is 0.0712. The summed E-state index contributed by atoms with van der Waals surface area (Å²) < 4.78 is 3.09. The summed E-state index contributed by atoms with van der Waals surface area (Å²) in [5, 5.41) is 5.48. The molecule has 0 spiro atoms. The van der Waals surface area contributed by atoms with Crippen LogP contribution in [0, 0.1) is 0 Å². The van der Waals surface area contributed by atoms with E-state index < -0.39 is 0 Å². The van der Waals surface area contributed by atoms with Crippen LogP contribution >= 0.6 is 0 Å². The minimum atomic E-state index is -0.145. The van der Waals surface area contributed by atoms with Crippen LogP contribution in [-0.2, 0) is 7.05 Å². The topological polar surface area (TPSA) is 75.9 Å². The molecule has 3 heterocycles. The van der Waals surface area contributed by atoms with Gasteiger partial charge in [-0.2, -0.15) is 5.10 Å². The highest BCUT2D eigenvalue weighted by molar-refractivity contribution is 6.06. The highest BCUT2D eigenvalue weighted by Crippen LogP contribution is 2.29. The molecule has 0 bridgehead atoms. The van der Waals surface area contributed by atoms with E-state index in [9.17, 15) is 9.59 Å². The monoisotopic (exact) mass is 401 g/mol. The number of fused-ring (bicyclic) bond motifs is 1. The molecule has 2 aromatic heterocycles. The molecular weight excluding hydrogens is 378 g/mol. The zero-order valence-corrected chi connectivity index (χ0v) is 16.8. The minimum Gasteiger partial charge on any atom is -0.360 e. The third-order valence-corrected chi connectivity index (χ3v) is 5.93. The Morgan fingerprint density at radius 3 is 2.50 bits per heavy atom. The summed E-state index contributed by atoms with van der Waals surface area (Å²) in [6.07, 6.45) is 3.35. The number of carbonyl (C=O) groups excluding carboxylic acids is 1. The van der Waals surface area contributed by atoms with Crippen LogP contribution in [0.4, 0.5) is 0 Å². The number of hydrogen-bond acceptors (Lipinski definition) is 3. The second-order valence-electron chi connectivity index (χ2n) is 7.75. The molecule has 1 amide bonds. The second kappa shape index (κ2) is 7.33. The van der Waals surface area contributed by atoms with Gasteiger partial charge in [0.25, 0.3) is 5.91 Å². The van der Waals surface area contributed by atoms with Crippen molar-refractivity contribution in [1.29, 1.82) is 0 Å². The molecule has 152 valence electrons. The number of nitrogens with one attached hydrogen (secondary N) is 1. The maximum absolute atomic E-state index is 13.1. The van der Waals surface area contributed by atoms with E-state index in [2.05, 4.69) is 10.1 Å². The molecule has 0 radical (unpaired) electrons. The van der Waals surface area contributed by atoms with Gasteiger partial charge in [0, 0.05) is 43.2 Å². The van der Waals surface area contributed by atoms with Gasteiger partial charge in [0.05, 0.1) is 11.3 Å². The molecule has 0 unspecified atom stereocenters. The van der Waals surface area contributed by atoms with Crippen LogP contribution in [0.1, 0.15) is 34.9 Å². The summed E-state index contributed by atoms with van der Waals surface area (Å²) in [6, 6.07) is 17.5. The normalized spacial score (nSPS) is 15.0. The summed E-state index contributed by atoms with van der Waals surface area (Å²) >= 11 is 0. The second-order valence-corrected chi connectivity index (χ2v) is 7.75. The Morgan fingerprint density at radius 1 is 1.03 bits per heavy atom. The highest BCUT2D eigenvalue weighted by atomic mass is 16.2. The number of hydrogen-bond donors (Lipinski definition) is 1. The van der Waals surface area contributed by atoms with Crippen LogP contribution in [0.2, 0.25) is 0 Å². The summed E-state index contributed by atoms with van der Waals surface area (Å²) in [6.45, 7) is 1.28. The Kier molecular flexibility index (Phi) is 4.50. The molecular formula is C23H23N5O2. The van der Waals surface area contributed by atoms with E-state index in [1.54, 1.807) is 17.8 Å². The predicted molar refractivity (Wildman–Crippen MR) is 115 cm³/mol. The van der Waals surface area contributed by atoms with Gasteiger partial charge in [-0.1, -0.05) is 36.4 Å². The lowest BCUT2D eigenvalue weighted by Gasteiger charge is -2.31. The first-order valence-electron chi connectivity index (χ1n) is 10.2. The number of H-pyrrole nitrogens is 1. The van der Waals surface area contributed by atoms with Crippen LogP contribution in [0.15, 0.2) is 65.6 Å². The largest absolute Gasteiger partial charge is 0.360 e. The van der Waals surface area contributed by atoms with Gasteiger partial charge in [0.15, 0.2) is 0 Å². The number of likely N-dealkylation sites (tertiary alicyclic amines) is 1. The number of nitrogens with zero attached hydrogens (tertiary/aromatic N) is 4. The Morgan fingerprint density at radius 2 is 1.73 bits per heavy atom. The average Bonchev–Trinajstić information content (AvgIpc) is 3.35. The molecule has 1 N–H and O–H groups in total. The molecule has 1 saturated heterocycles. The van der Waals surface area contributed by atoms with Crippen molar-refractivity contribution in [3.05, 3.63) is 82.7 Å². The van der Waals surface area contributed by atoms with E-state index in [1.165, 1.54) is 4.68 Å². The number of aromatic nitrogens is 4. The molecule has 5 rings (SSSR count). The number of aryl methyl sites for hydroxylation is 1. The summed E-state index contributed by atoms with van der Waals surface area (Å²) in [5.41, 5.74) is 2.36. The molecule has 1 fully saturated rings. The standard InChI is InChI=1S/C23H23N5O2/c1-26-23(30)28(17-7-3-2-4-8-17)21(25-26)16-11-13-27(14-12-16)22(29)19-15-24-20-10-6-5-9-18(19)20/h2-10,15-16,24H,11-14H2,1H3. The van der Waals surface area contributed by atoms with Crippen LogP contribution in [0.25, 0.3) is 16.6 Å². The van der Waals surface area contributed by atoms with E-state index >= 15 is 0 Å². The maximum Gasteiger partial charge on any atom is 0.350 e. The van der Waals surface area contributed by atoms with E-state index in [0.717, 1.165) is 35.3 Å². The zero-order valence-electron chi connectivity index (χ0n) is 16.8. The number of para-hydroxylation sites is 2. The number of rotatable bonds is 3. The number of benzene rings is 2. The molecule has 0 aliphatic carbocycles. The lowest BCUT2D eigenvalue weighted by Crippen LogP contribution is -2.38. The van der Waals surface area contributed by atoms with Crippen molar-refractivity contribution in [2.24, 2.45) is 7.05 Å². The van der Waals surface area contributed by atoms with Gasteiger partial charge in [-0.25, -0.2) is 14.0 Å². The predicted octanol–water partition coefficient (Wildman–Crippen LogP) is 3.07. The van der Waals surface area contributed by atoms with Gasteiger partial charge in [-0.15, -0.1) is 0 Å². The van der Waals surface area contributed by atoms with Crippen molar-refractivity contribution in [2.75, 3.05) is 13.1 Å². The van der Waals surface area contributed by atoms with Gasteiger partial charge in [0.2, 0.25) is 0 Å². The van der Waals surface area contributed by atoms with Crippen molar-refractivity contribution < 1.29 is 4.79 Å². The highest BCUT2D eigenvalue weighted by Gasteiger charge is 2.29. The lowest BCUT2D eigenvalue weighted by atomic mass is 9.95. The molecule has 30 heavy (non-hydrogen) atoms. The molecule has 7 heteroatoms. The quantitative estimate of drug-likeness (QED) is 0.573. The first kappa shape index (κ1) is 18.4. The van der Waals surface area contributed by atoms with Gasteiger partial charge >= 0.3 is 5.69 Å². The average molecular weight is 401 g/mol. The van der Waals surface area contributed by atoms with E-state index in [1.807, 2.05) is 59.5 Å². The number of aromatic amines is 1. The molecule has 1 aliphatic rings. The van der Waals surface area contributed by atoms with Gasteiger partial charge in [0.1, 0.15) is 5.82 Å². The number of carbonyl (C=O) groups is 1. The SMILES string of the molecule is Cn1nc(C2CCN(C(=O)c3c[nH]c4ccccc34)CC2)n(-c2ccccc2)c1=O. The Labute approximate surface area is 173 Å². The summed E-state index contributed by atoms with van der Waals surface area (Å²) in [4.78, 5) is 30.9. The minimum absolute atomic E-state index is 0.0485. The van der Waals surface area contributed by atoms with E-state index in [-0.39, 0.29) is 17.5 Å². The molecule has 0 saturated carbocycles. The maximum atomic E-state index is 13.1. The molecule has 0 atom stereocenters. The van der Waals surface area contributed by atoms with E-state index in [0.29, 0.717) is 18.7 Å². The van der Waals surface area contributed by atoms with Crippen LogP contribution in [0.3, 0.4) is 0 Å². The molecule has 7 nitrogen and oxygen atoms in total. The van der Waals surface area contributed by atoms with Gasteiger partial charge < -0.3 is 9.88 Å². The Balaban J connectivity index is 1.38. The van der Waals surface area contributed by atoms with Crippen LogP contribution in [-0.4, -0.2) is 43.2 Å². The van der Waals surface area contributed by atoms with Crippen molar-refractivity contribution in [2.45, 2.75) is 18.8 Å². The van der Waals surface area contributed by atoms with Crippen molar-refractivity contribution in [1.82, 2.24) is 24.2 Å². The molecule has 1 aliphatic heterocycles. The zero-order chi connectivity index (χ0) is 20.7. The first-order valence-corrected chi connectivity index (χ1v) is 10.2. The fourth-order valence-corrected chi connectivity index (χ4v) is 4.33. The fourth-order valence-electron chi connectivity index (χ4n) is 4.33. The third-order valence-electron chi connectivity index (χ3n) is 5.93. The Bertz CT molecular complexity index is 1260. The van der Waals surface area contributed by atoms with Crippen molar-refractivity contribution in [3.8, 4) is 5.69 Å². The number of amides is 1. The van der Waals surface area contributed by atoms with E-state index in [4.69, 9.17) is 0 Å². The molecule has 2 aromatic carbocycles. The smallest absolute Gasteiger partial charge is 0.350 e. The first-order chi connectivity index (χ1) is 14.6. The van der Waals surface area contributed by atoms with Gasteiger partial charge in [-0.05, 0) is 31.0 Å². The molecule has 4 aromatic rings. The third kappa shape index (κ3) is 3.03. The number of piperidine rings is 1. The van der Waals surface area contributed by atoms with Crippen LogP contribution in [0.5, 0.6) is 0 Å². The van der Waals surface area contributed by atoms with Crippen LogP contribution < -0.4 is 5.69 Å². The summed E-state index contributed by atoms with van der Waals surface area (Å²) in [7, 11) is 1.68.